The number of benzene rings is 1. The quantitative estimate of drug-likeness (QED) is 0.847. The van der Waals surface area contributed by atoms with Gasteiger partial charge in [-0.25, -0.2) is 0 Å². The molecular weight excluding hydrogens is 280 g/mol. The van der Waals surface area contributed by atoms with Gasteiger partial charge in [-0.2, -0.15) is 0 Å². The van der Waals surface area contributed by atoms with Crippen LogP contribution in [0.4, 0.5) is 0 Å². The number of hydrogen-bond donors (Lipinski definition) is 2. The van der Waals surface area contributed by atoms with E-state index in [2.05, 4.69) is 17.2 Å². The van der Waals surface area contributed by atoms with Crippen molar-refractivity contribution < 1.29 is 14.0 Å². The summed E-state index contributed by atoms with van der Waals surface area (Å²) in [5.41, 5.74) is 6.86. The number of carbonyl (C=O) groups is 2. The molecule has 0 saturated carbocycles. The third-order valence-corrected chi connectivity index (χ3v) is 3.03. The van der Waals surface area contributed by atoms with Crippen molar-refractivity contribution in [3.8, 4) is 11.8 Å². The van der Waals surface area contributed by atoms with Crippen LogP contribution in [0.2, 0.25) is 0 Å². The molecule has 22 heavy (non-hydrogen) atoms. The van der Waals surface area contributed by atoms with E-state index < -0.39 is 5.91 Å². The molecule has 0 radical (unpaired) electrons. The fourth-order valence-electron chi connectivity index (χ4n) is 1.94. The van der Waals surface area contributed by atoms with Gasteiger partial charge in [0.05, 0.1) is 12.1 Å². The van der Waals surface area contributed by atoms with Crippen LogP contribution >= 0.6 is 0 Å². The minimum atomic E-state index is -0.474. The molecular formula is C17H16N2O3. The molecule has 5 nitrogen and oxygen atoms in total. The van der Waals surface area contributed by atoms with Crippen LogP contribution in [0.5, 0.6) is 0 Å². The van der Waals surface area contributed by atoms with Crippen molar-refractivity contribution in [3.63, 3.8) is 0 Å². The Balaban J connectivity index is 1.92. The van der Waals surface area contributed by atoms with Crippen molar-refractivity contribution in [1.82, 2.24) is 5.32 Å². The Hall–Kier alpha value is -3.00. The highest BCUT2D eigenvalue weighted by atomic mass is 16.3. The van der Waals surface area contributed by atoms with Crippen molar-refractivity contribution >= 4 is 11.8 Å². The molecule has 0 aliphatic carbocycles. The van der Waals surface area contributed by atoms with E-state index in [1.807, 2.05) is 0 Å². The minimum absolute atomic E-state index is 0.215. The number of aryl methyl sites for hydroxylation is 2. The average Bonchev–Trinajstić information content (AvgIpc) is 2.82. The summed E-state index contributed by atoms with van der Waals surface area (Å²) in [5, 5.41) is 2.71. The number of furan rings is 1. The van der Waals surface area contributed by atoms with E-state index in [9.17, 15) is 9.59 Å². The molecule has 0 bridgehead atoms. The monoisotopic (exact) mass is 296 g/mol. The van der Waals surface area contributed by atoms with E-state index in [0.717, 1.165) is 5.56 Å². The number of amides is 2. The number of nitrogens with two attached hydrogens (primary N) is 1. The molecule has 2 amide bonds. The number of rotatable bonds is 3. The molecule has 112 valence electrons. The van der Waals surface area contributed by atoms with Crippen LogP contribution < -0.4 is 11.1 Å². The van der Waals surface area contributed by atoms with Crippen molar-refractivity contribution in [3.05, 3.63) is 58.5 Å². The fourth-order valence-corrected chi connectivity index (χ4v) is 1.94. The van der Waals surface area contributed by atoms with Crippen LogP contribution in [-0.2, 0) is 0 Å². The van der Waals surface area contributed by atoms with Crippen molar-refractivity contribution in [2.75, 3.05) is 6.54 Å². The molecule has 3 N–H and O–H groups in total. The molecule has 1 aromatic heterocycles. The lowest BCUT2D eigenvalue weighted by atomic mass is 10.1. The molecule has 0 aliphatic rings. The summed E-state index contributed by atoms with van der Waals surface area (Å²) in [6, 6.07) is 8.34. The lowest BCUT2D eigenvalue weighted by molar-refractivity contribution is 0.0955. The van der Waals surface area contributed by atoms with Gasteiger partial charge >= 0.3 is 0 Å². The number of nitrogens with one attached hydrogen (secondary N) is 1. The Labute approximate surface area is 128 Å². The molecule has 0 fully saturated rings. The highest BCUT2D eigenvalue weighted by molar-refractivity contribution is 5.95. The molecule has 0 aliphatic heterocycles. The van der Waals surface area contributed by atoms with E-state index in [0.29, 0.717) is 22.6 Å². The predicted octanol–water partition coefficient (Wildman–Crippen LogP) is 1.78. The average molecular weight is 296 g/mol. The largest absolute Gasteiger partial charge is 0.466 e. The summed E-state index contributed by atoms with van der Waals surface area (Å²) >= 11 is 0. The van der Waals surface area contributed by atoms with Crippen LogP contribution in [0.3, 0.4) is 0 Å². The number of primary amides is 1. The highest BCUT2D eigenvalue weighted by Crippen LogP contribution is 2.13. The van der Waals surface area contributed by atoms with Gasteiger partial charge in [0.25, 0.3) is 5.91 Å². The van der Waals surface area contributed by atoms with E-state index >= 15 is 0 Å². The van der Waals surface area contributed by atoms with Gasteiger partial charge in [0.2, 0.25) is 5.91 Å². The Morgan fingerprint density at radius 3 is 2.45 bits per heavy atom. The van der Waals surface area contributed by atoms with E-state index in [1.54, 1.807) is 44.2 Å². The third kappa shape index (κ3) is 3.76. The summed E-state index contributed by atoms with van der Waals surface area (Å²) in [6.07, 6.45) is 0. The Bertz CT molecular complexity index is 761. The Kier molecular flexibility index (Phi) is 4.64. The maximum absolute atomic E-state index is 11.9. The van der Waals surface area contributed by atoms with E-state index in [1.165, 1.54) is 0 Å². The van der Waals surface area contributed by atoms with Crippen LogP contribution in [0, 0.1) is 25.7 Å². The SMILES string of the molecule is Cc1cc(C(=O)NCC#Cc2ccc(C(N)=O)cc2)c(C)o1. The van der Waals surface area contributed by atoms with Crippen LogP contribution in [0.1, 0.15) is 37.8 Å². The van der Waals surface area contributed by atoms with Crippen molar-refractivity contribution in [2.45, 2.75) is 13.8 Å². The Morgan fingerprint density at radius 2 is 1.91 bits per heavy atom. The predicted molar refractivity (Wildman–Crippen MR) is 82.4 cm³/mol. The first kappa shape index (κ1) is 15.4. The zero-order chi connectivity index (χ0) is 16.1. The first-order valence-corrected chi connectivity index (χ1v) is 6.71. The van der Waals surface area contributed by atoms with Gasteiger partial charge in [-0.3, -0.25) is 9.59 Å². The van der Waals surface area contributed by atoms with Gasteiger partial charge < -0.3 is 15.5 Å². The van der Waals surface area contributed by atoms with Gasteiger partial charge in [0.15, 0.2) is 0 Å². The molecule has 5 heteroatoms. The first-order chi connectivity index (χ1) is 10.5. The molecule has 1 aromatic carbocycles. The second kappa shape index (κ2) is 6.64. The molecule has 0 spiro atoms. The summed E-state index contributed by atoms with van der Waals surface area (Å²) in [4.78, 5) is 22.9. The normalized spacial score (nSPS) is 9.73. The van der Waals surface area contributed by atoms with E-state index in [4.69, 9.17) is 10.2 Å². The molecule has 2 rings (SSSR count). The number of hydrogen-bond acceptors (Lipinski definition) is 3. The Morgan fingerprint density at radius 1 is 1.23 bits per heavy atom. The summed E-state index contributed by atoms with van der Waals surface area (Å²) in [6.45, 7) is 3.76. The first-order valence-electron chi connectivity index (χ1n) is 6.71. The topological polar surface area (TPSA) is 85.3 Å². The lowest BCUT2D eigenvalue weighted by Crippen LogP contribution is -2.23. The zero-order valence-corrected chi connectivity index (χ0v) is 12.4. The maximum atomic E-state index is 11.9. The molecule has 0 atom stereocenters. The number of carbonyl (C=O) groups excluding carboxylic acids is 2. The highest BCUT2D eigenvalue weighted by Gasteiger charge is 2.11. The molecule has 2 aromatic rings. The van der Waals surface area contributed by atoms with Crippen molar-refractivity contribution in [1.29, 1.82) is 0 Å². The zero-order valence-electron chi connectivity index (χ0n) is 12.4. The second-order valence-electron chi connectivity index (χ2n) is 4.75. The van der Waals surface area contributed by atoms with E-state index in [-0.39, 0.29) is 12.5 Å². The minimum Gasteiger partial charge on any atom is -0.466 e. The summed E-state index contributed by atoms with van der Waals surface area (Å²) < 4.78 is 5.31. The van der Waals surface area contributed by atoms with Crippen molar-refractivity contribution in [2.24, 2.45) is 5.73 Å². The summed E-state index contributed by atoms with van der Waals surface area (Å²) in [5.74, 6) is 6.34. The maximum Gasteiger partial charge on any atom is 0.255 e. The van der Waals surface area contributed by atoms with Crippen LogP contribution in [0.15, 0.2) is 34.7 Å². The smallest absolute Gasteiger partial charge is 0.255 e. The van der Waals surface area contributed by atoms with Gasteiger partial charge in [0.1, 0.15) is 11.5 Å². The molecule has 0 saturated heterocycles. The van der Waals surface area contributed by atoms with Gasteiger partial charge in [-0.15, -0.1) is 0 Å². The molecule has 1 heterocycles. The second-order valence-corrected chi connectivity index (χ2v) is 4.75. The van der Waals surface area contributed by atoms with Crippen LogP contribution in [0.25, 0.3) is 0 Å². The van der Waals surface area contributed by atoms with Gasteiger partial charge in [-0.05, 0) is 44.2 Å². The lowest BCUT2D eigenvalue weighted by Gasteiger charge is -1.98. The molecule has 0 unspecified atom stereocenters. The van der Waals surface area contributed by atoms with Gasteiger partial charge in [-0.1, -0.05) is 11.8 Å². The summed E-state index contributed by atoms with van der Waals surface area (Å²) in [7, 11) is 0. The fraction of sp³-hybridized carbons (Fsp3) is 0.176. The third-order valence-electron chi connectivity index (χ3n) is 3.03. The van der Waals surface area contributed by atoms with Gasteiger partial charge in [0, 0.05) is 11.1 Å². The van der Waals surface area contributed by atoms with Crippen LogP contribution in [-0.4, -0.2) is 18.4 Å². The standard InChI is InChI=1S/C17H16N2O3/c1-11-10-15(12(2)22-11)17(21)19-9-3-4-13-5-7-14(8-6-13)16(18)20/h5-8,10H,9H2,1-2H3,(H2,18,20)(H,19,21).